The molecule has 128 valence electrons. The number of unbranched alkanes of at least 4 members (excludes halogenated alkanes) is 1. The van der Waals surface area contributed by atoms with Crippen LogP contribution in [-0.4, -0.2) is 52.0 Å². The zero-order valence-corrected chi connectivity index (χ0v) is 14.3. The van der Waals surface area contributed by atoms with Crippen LogP contribution in [0.2, 0.25) is 0 Å². The van der Waals surface area contributed by atoms with Gasteiger partial charge in [-0.05, 0) is 19.3 Å². The fraction of sp³-hybridized carbons (Fsp3) is 0.824. The Labute approximate surface area is 138 Å². The van der Waals surface area contributed by atoms with E-state index in [1.165, 1.54) is 12.8 Å². The van der Waals surface area contributed by atoms with Crippen LogP contribution in [0, 0.1) is 0 Å². The molecule has 1 saturated carbocycles. The first kappa shape index (κ1) is 16.4. The lowest BCUT2D eigenvalue weighted by atomic mass is 10.0. The third-order valence-corrected chi connectivity index (χ3v) is 5.19. The molecule has 2 heterocycles. The highest BCUT2D eigenvalue weighted by Crippen LogP contribution is 2.33. The number of hydrogen-bond donors (Lipinski definition) is 0. The number of carbonyl (C=O) groups excluding carboxylic acids is 1. The van der Waals surface area contributed by atoms with E-state index in [1.54, 1.807) is 0 Å². The van der Waals surface area contributed by atoms with Gasteiger partial charge in [-0.15, -0.1) is 0 Å². The second-order valence-corrected chi connectivity index (χ2v) is 6.92. The van der Waals surface area contributed by atoms with Gasteiger partial charge in [0.2, 0.25) is 11.8 Å². The summed E-state index contributed by atoms with van der Waals surface area (Å²) in [5.41, 5.74) is 0. The van der Waals surface area contributed by atoms with E-state index in [2.05, 4.69) is 22.0 Å². The van der Waals surface area contributed by atoms with Crippen LogP contribution in [0.5, 0.6) is 0 Å². The van der Waals surface area contributed by atoms with Gasteiger partial charge in [0.15, 0.2) is 5.82 Å². The summed E-state index contributed by atoms with van der Waals surface area (Å²) in [6.45, 7) is 4.43. The number of amides is 1. The molecule has 3 rings (SSSR count). The number of hydrogen-bond acceptors (Lipinski definition) is 5. The molecule has 0 unspecified atom stereocenters. The SMILES string of the molecule is CCCC[C@@H]1C(=O)N(C)CCN1Cc1noc(C2CCCC2)n1. The molecule has 1 atom stereocenters. The summed E-state index contributed by atoms with van der Waals surface area (Å²) in [5, 5.41) is 4.16. The van der Waals surface area contributed by atoms with E-state index in [-0.39, 0.29) is 11.9 Å². The van der Waals surface area contributed by atoms with Gasteiger partial charge >= 0.3 is 0 Å². The number of carbonyl (C=O) groups is 1. The van der Waals surface area contributed by atoms with E-state index in [9.17, 15) is 4.79 Å². The quantitative estimate of drug-likeness (QED) is 0.806. The molecule has 1 aliphatic heterocycles. The fourth-order valence-corrected chi connectivity index (χ4v) is 3.70. The second-order valence-electron chi connectivity index (χ2n) is 6.92. The van der Waals surface area contributed by atoms with E-state index in [4.69, 9.17) is 4.52 Å². The van der Waals surface area contributed by atoms with Crippen LogP contribution in [-0.2, 0) is 11.3 Å². The van der Waals surface area contributed by atoms with Crippen LogP contribution in [0.25, 0.3) is 0 Å². The van der Waals surface area contributed by atoms with E-state index in [0.717, 1.165) is 56.9 Å². The molecule has 23 heavy (non-hydrogen) atoms. The lowest BCUT2D eigenvalue weighted by Gasteiger charge is -2.38. The molecule has 6 heteroatoms. The monoisotopic (exact) mass is 320 g/mol. The lowest BCUT2D eigenvalue weighted by molar-refractivity contribution is -0.141. The summed E-state index contributed by atoms with van der Waals surface area (Å²) < 4.78 is 5.47. The van der Waals surface area contributed by atoms with Crippen LogP contribution < -0.4 is 0 Å². The molecule has 1 aliphatic carbocycles. The van der Waals surface area contributed by atoms with Crippen molar-refractivity contribution in [2.45, 2.75) is 70.4 Å². The summed E-state index contributed by atoms with van der Waals surface area (Å²) >= 11 is 0. The topological polar surface area (TPSA) is 62.5 Å². The molecule has 2 aliphatic rings. The Morgan fingerprint density at radius 1 is 1.26 bits per heavy atom. The molecule has 0 spiro atoms. The minimum Gasteiger partial charge on any atom is -0.343 e. The van der Waals surface area contributed by atoms with Crippen molar-refractivity contribution < 1.29 is 9.32 Å². The molecule has 6 nitrogen and oxygen atoms in total. The fourth-order valence-electron chi connectivity index (χ4n) is 3.70. The number of nitrogens with zero attached hydrogens (tertiary/aromatic N) is 4. The van der Waals surface area contributed by atoms with E-state index < -0.39 is 0 Å². The zero-order chi connectivity index (χ0) is 16.2. The maximum Gasteiger partial charge on any atom is 0.239 e. The van der Waals surface area contributed by atoms with Crippen molar-refractivity contribution in [3.8, 4) is 0 Å². The Morgan fingerprint density at radius 3 is 2.78 bits per heavy atom. The highest BCUT2D eigenvalue weighted by atomic mass is 16.5. The van der Waals surface area contributed by atoms with Crippen LogP contribution in [0.3, 0.4) is 0 Å². The predicted octanol–water partition coefficient (Wildman–Crippen LogP) is 2.56. The molecule has 0 bridgehead atoms. The Kier molecular flexibility index (Phi) is 5.30. The third-order valence-electron chi connectivity index (χ3n) is 5.19. The second kappa shape index (κ2) is 7.43. The maximum atomic E-state index is 12.5. The van der Waals surface area contributed by atoms with Crippen LogP contribution >= 0.6 is 0 Å². The van der Waals surface area contributed by atoms with Gasteiger partial charge in [0.05, 0.1) is 12.6 Å². The number of piperazine rings is 1. The molecule has 1 aromatic rings. The molecule has 0 N–H and O–H groups in total. The molecule has 0 radical (unpaired) electrons. The Balaban J connectivity index is 1.65. The van der Waals surface area contributed by atoms with E-state index in [1.807, 2.05) is 11.9 Å². The molecule has 1 aromatic heterocycles. The van der Waals surface area contributed by atoms with Gasteiger partial charge in [-0.3, -0.25) is 9.69 Å². The van der Waals surface area contributed by atoms with E-state index in [0.29, 0.717) is 12.5 Å². The molecule has 1 saturated heterocycles. The van der Waals surface area contributed by atoms with Crippen molar-refractivity contribution in [1.29, 1.82) is 0 Å². The first-order valence-electron chi connectivity index (χ1n) is 9.00. The van der Waals surface area contributed by atoms with Crippen molar-refractivity contribution in [2.75, 3.05) is 20.1 Å². The normalized spacial score (nSPS) is 23.8. The van der Waals surface area contributed by atoms with Gasteiger partial charge in [-0.25, -0.2) is 0 Å². The van der Waals surface area contributed by atoms with Gasteiger partial charge in [0.1, 0.15) is 0 Å². The number of aromatic nitrogens is 2. The smallest absolute Gasteiger partial charge is 0.239 e. The number of likely N-dealkylation sites (N-methyl/N-ethyl adjacent to an activating group) is 1. The standard InChI is InChI=1S/C17H28N4O2/c1-3-4-9-14-17(22)20(2)10-11-21(14)12-15-18-16(23-19-15)13-7-5-6-8-13/h13-14H,3-12H2,1-2H3/t14-/m1/s1. The molecular formula is C17H28N4O2. The minimum atomic E-state index is -0.0397. The van der Waals surface area contributed by atoms with Gasteiger partial charge < -0.3 is 9.42 Å². The van der Waals surface area contributed by atoms with Crippen LogP contribution in [0.1, 0.15) is 69.5 Å². The van der Waals surface area contributed by atoms with Crippen LogP contribution in [0.4, 0.5) is 0 Å². The van der Waals surface area contributed by atoms with Gasteiger partial charge in [0, 0.05) is 26.1 Å². The summed E-state index contributed by atoms with van der Waals surface area (Å²) in [5.74, 6) is 2.19. The average Bonchev–Trinajstić information content (AvgIpc) is 3.21. The molecule has 2 fully saturated rings. The largest absolute Gasteiger partial charge is 0.343 e. The summed E-state index contributed by atoms with van der Waals surface area (Å²) in [6, 6.07) is -0.0397. The van der Waals surface area contributed by atoms with Crippen molar-refractivity contribution in [1.82, 2.24) is 19.9 Å². The third kappa shape index (κ3) is 3.74. The first-order valence-corrected chi connectivity index (χ1v) is 9.00. The summed E-state index contributed by atoms with van der Waals surface area (Å²) in [7, 11) is 1.89. The lowest BCUT2D eigenvalue weighted by Crippen LogP contribution is -2.55. The van der Waals surface area contributed by atoms with Gasteiger partial charge in [0.25, 0.3) is 0 Å². The van der Waals surface area contributed by atoms with Gasteiger partial charge in [-0.1, -0.05) is 37.8 Å². The Morgan fingerprint density at radius 2 is 2.04 bits per heavy atom. The van der Waals surface area contributed by atoms with Crippen molar-refractivity contribution in [2.24, 2.45) is 0 Å². The highest BCUT2D eigenvalue weighted by molar-refractivity contribution is 5.82. The van der Waals surface area contributed by atoms with Gasteiger partial charge in [-0.2, -0.15) is 4.98 Å². The minimum absolute atomic E-state index is 0.0397. The summed E-state index contributed by atoms with van der Waals surface area (Å²) in [4.78, 5) is 21.1. The van der Waals surface area contributed by atoms with Crippen LogP contribution in [0.15, 0.2) is 4.52 Å². The molecular weight excluding hydrogens is 292 g/mol. The average molecular weight is 320 g/mol. The van der Waals surface area contributed by atoms with E-state index >= 15 is 0 Å². The molecule has 1 amide bonds. The Bertz CT molecular complexity index is 524. The van der Waals surface area contributed by atoms with Crippen molar-refractivity contribution in [3.63, 3.8) is 0 Å². The van der Waals surface area contributed by atoms with Crippen molar-refractivity contribution in [3.05, 3.63) is 11.7 Å². The highest BCUT2D eigenvalue weighted by Gasteiger charge is 2.33. The predicted molar refractivity (Wildman–Crippen MR) is 86.9 cm³/mol. The zero-order valence-electron chi connectivity index (χ0n) is 14.3. The summed E-state index contributed by atoms with van der Waals surface area (Å²) in [6.07, 6.45) is 7.92. The molecule has 0 aromatic carbocycles. The Hall–Kier alpha value is -1.43. The number of rotatable bonds is 6. The first-order chi connectivity index (χ1) is 11.2. The maximum absolute atomic E-state index is 12.5. The van der Waals surface area contributed by atoms with Crippen molar-refractivity contribution >= 4 is 5.91 Å².